The summed E-state index contributed by atoms with van der Waals surface area (Å²) in [5.74, 6) is -0.745. The minimum atomic E-state index is -0.869. The molecule has 1 aliphatic heterocycles. The summed E-state index contributed by atoms with van der Waals surface area (Å²) in [5.41, 5.74) is 6.14. The zero-order valence-electron chi connectivity index (χ0n) is 15.2. The Hall–Kier alpha value is -2.89. The van der Waals surface area contributed by atoms with Crippen molar-refractivity contribution in [1.82, 2.24) is 4.90 Å². The van der Waals surface area contributed by atoms with Gasteiger partial charge in [0, 0.05) is 25.8 Å². The second kappa shape index (κ2) is 7.78. The van der Waals surface area contributed by atoms with E-state index in [2.05, 4.69) is 0 Å². The second-order valence-corrected chi connectivity index (χ2v) is 6.87. The predicted octanol–water partition coefficient (Wildman–Crippen LogP) is 3.89. The van der Waals surface area contributed by atoms with Crippen LogP contribution in [0.1, 0.15) is 43.4 Å². The molecule has 2 N–H and O–H groups in total. The number of hydrogen-bond acceptors (Lipinski definition) is 3. The minimum absolute atomic E-state index is 0.135. The fourth-order valence-electron chi connectivity index (χ4n) is 3.53. The lowest BCUT2D eigenvalue weighted by Crippen LogP contribution is -2.49. The van der Waals surface area contributed by atoms with Gasteiger partial charge in [-0.15, -0.1) is 0 Å². The SMILES string of the molecule is C[C@@H](c1ccc(F)cc1)N1CC[C@](CCC(N)=O)(c2ccccc2)OC1=O. The van der Waals surface area contributed by atoms with Crippen LogP contribution in [0.25, 0.3) is 0 Å². The molecule has 3 rings (SSSR count). The maximum Gasteiger partial charge on any atom is 0.411 e. The summed E-state index contributed by atoms with van der Waals surface area (Å²) in [6.07, 6.45) is 0.570. The van der Waals surface area contributed by atoms with Crippen molar-refractivity contribution in [3.8, 4) is 0 Å². The third-order valence-corrected chi connectivity index (χ3v) is 5.17. The number of carbonyl (C=O) groups is 2. The van der Waals surface area contributed by atoms with Gasteiger partial charge in [-0.3, -0.25) is 4.79 Å². The first kappa shape index (κ1) is 18.9. The van der Waals surface area contributed by atoms with Gasteiger partial charge < -0.3 is 15.4 Å². The van der Waals surface area contributed by atoms with E-state index in [9.17, 15) is 14.0 Å². The Morgan fingerprint density at radius 1 is 1.22 bits per heavy atom. The molecule has 27 heavy (non-hydrogen) atoms. The average Bonchev–Trinajstić information content (AvgIpc) is 2.67. The molecule has 0 saturated carbocycles. The molecule has 2 aromatic rings. The lowest BCUT2D eigenvalue weighted by molar-refractivity contribution is -0.121. The van der Waals surface area contributed by atoms with Gasteiger partial charge in [0.1, 0.15) is 11.4 Å². The maximum atomic E-state index is 13.2. The first-order chi connectivity index (χ1) is 12.9. The van der Waals surface area contributed by atoms with E-state index < -0.39 is 17.6 Å². The predicted molar refractivity (Wildman–Crippen MR) is 99.2 cm³/mol. The summed E-state index contributed by atoms with van der Waals surface area (Å²) in [5, 5.41) is 0. The average molecular weight is 370 g/mol. The molecule has 142 valence electrons. The van der Waals surface area contributed by atoms with E-state index in [4.69, 9.17) is 10.5 Å². The van der Waals surface area contributed by atoms with Crippen LogP contribution in [0, 0.1) is 5.82 Å². The highest BCUT2D eigenvalue weighted by Crippen LogP contribution is 2.40. The quantitative estimate of drug-likeness (QED) is 0.838. The summed E-state index contributed by atoms with van der Waals surface area (Å²) in [4.78, 5) is 25.8. The molecule has 1 aliphatic rings. The van der Waals surface area contributed by atoms with Gasteiger partial charge >= 0.3 is 6.09 Å². The number of rotatable bonds is 6. The van der Waals surface area contributed by atoms with E-state index in [1.54, 1.807) is 17.0 Å². The van der Waals surface area contributed by atoms with Gasteiger partial charge in [-0.05, 0) is 30.2 Å². The van der Waals surface area contributed by atoms with Gasteiger partial charge in [-0.2, -0.15) is 0 Å². The molecule has 0 unspecified atom stereocenters. The zero-order valence-corrected chi connectivity index (χ0v) is 15.2. The normalized spacial score (nSPS) is 20.8. The van der Waals surface area contributed by atoms with Crippen molar-refractivity contribution in [2.24, 2.45) is 5.73 Å². The van der Waals surface area contributed by atoms with Crippen molar-refractivity contribution in [2.75, 3.05) is 6.54 Å². The van der Waals surface area contributed by atoms with Crippen molar-refractivity contribution in [1.29, 1.82) is 0 Å². The van der Waals surface area contributed by atoms with Crippen LogP contribution in [-0.4, -0.2) is 23.4 Å². The fraction of sp³-hybridized carbons (Fsp3) is 0.333. The first-order valence-corrected chi connectivity index (χ1v) is 9.00. The molecule has 2 aromatic carbocycles. The lowest BCUT2D eigenvalue weighted by atomic mass is 9.84. The van der Waals surface area contributed by atoms with Gasteiger partial charge in [0.2, 0.25) is 5.91 Å². The lowest BCUT2D eigenvalue weighted by Gasteiger charge is -2.43. The van der Waals surface area contributed by atoms with Crippen LogP contribution in [0.3, 0.4) is 0 Å². The highest BCUT2D eigenvalue weighted by Gasteiger charge is 2.43. The smallest absolute Gasteiger partial charge is 0.411 e. The summed E-state index contributed by atoms with van der Waals surface area (Å²) in [6.45, 7) is 2.35. The zero-order chi connectivity index (χ0) is 19.4. The van der Waals surface area contributed by atoms with Gasteiger partial charge in [-0.1, -0.05) is 42.5 Å². The number of benzene rings is 2. The number of amides is 2. The van der Waals surface area contributed by atoms with Crippen molar-refractivity contribution in [2.45, 2.75) is 37.8 Å². The molecule has 6 heteroatoms. The molecule has 0 spiro atoms. The molecule has 5 nitrogen and oxygen atoms in total. The molecule has 0 radical (unpaired) electrons. The van der Waals surface area contributed by atoms with E-state index in [0.29, 0.717) is 19.4 Å². The number of carbonyl (C=O) groups excluding carboxylic acids is 2. The Morgan fingerprint density at radius 2 is 1.89 bits per heavy atom. The van der Waals surface area contributed by atoms with E-state index in [-0.39, 0.29) is 18.3 Å². The first-order valence-electron chi connectivity index (χ1n) is 9.00. The summed E-state index contributed by atoms with van der Waals surface area (Å²) < 4.78 is 19.1. The Morgan fingerprint density at radius 3 is 2.48 bits per heavy atom. The van der Waals surface area contributed by atoms with Gasteiger partial charge in [0.15, 0.2) is 0 Å². The number of nitrogens with two attached hydrogens (primary N) is 1. The van der Waals surface area contributed by atoms with Crippen LogP contribution < -0.4 is 5.73 Å². The van der Waals surface area contributed by atoms with Crippen LogP contribution >= 0.6 is 0 Å². The topological polar surface area (TPSA) is 72.6 Å². The Bertz CT molecular complexity index is 810. The Kier molecular flexibility index (Phi) is 5.44. The molecule has 0 aliphatic carbocycles. The van der Waals surface area contributed by atoms with Gasteiger partial charge in [0.25, 0.3) is 0 Å². The van der Waals surface area contributed by atoms with Crippen LogP contribution in [-0.2, 0) is 15.1 Å². The third-order valence-electron chi connectivity index (χ3n) is 5.17. The molecule has 0 aromatic heterocycles. The highest BCUT2D eigenvalue weighted by molar-refractivity contribution is 5.74. The van der Waals surface area contributed by atoms with Crippen LogP contribution in [0.5, 0.6) is 0 Å². The molecular formula is C21H23FN2O3. The largest absolute Gasteiger partial charge is 0.438 e. The third kappa shape index (κ3) is 4.10. The van der Waals surface area contributed by atoms with Crippen LogP contribution in [0.2, 0.25) is 0 Å². The number of primary amides is 1. The minimum Gasteiger partial charge on any atom is -0.438 e. The maximum absolute atomic E-state index is 13.2. The molecule has 1 saturated heterocycles. The van der Waals surface area contributed by atoms with E-state index in [1.165, 1.54) is 12.1 Å². The monoisotopic (exact) mass is 370 g/mol. The summed E-state index contributed by atoms with van der Waals surface area (Å²) in [7, 11) is 0. The summed E-state index contributed by atoms with van der Waals surface area (Å²) >= 11 is 0. The Balaban J connectivity index is 1.82. The van der Waals surface area contributed by atoms with E-state index in [0.717, 1.165) is 11.1 Å². The molecule has 2 atom stereocenters. The standard InChI is InChI=1S/C21H23FN2O3/c1-15(16-7-9-18(22)10-8-16)24-14-13-21(27-20(24)26,12-11-19(23)25)17-5-3-2-4-6-17/h2-10,15H,11-14H2,1H3,(H2,23,25)/t15-,21+/m0/s1. The number of cyclic esters (lactones) is 1. The van der Waals surface area contributed by atoms with Crippen LogP contribution in [0.4, 0.5) is 9.18 Å². The Labute approximate surface area is 157 Å². The molecular weight excluding hydrogens is 347 g/mol. The number of ether oxygens (including phenoxy) is 1. The molecule has 1 heterocycles. The molecule has 0 bridgehead atoms. The fourth-order valence-corrected chi connectivity index (χ4v) is 3.53. The molecule has 1 fully saturated rings. The van der Waals surface area contributed by atoms with E-state index in [1.807, 2.05) is 37.3 Å². The number of halogens is 1. The second-order valence-electron chi connectivity index (χ2n) is 6.87. The van der Waals surface area contributed by atoms with Gasteiger partial charge in [0.05, 0.1) is 6.04 Å². The highest BCUT2D eigenvalue weighted by atomic mass is 19.1. The molecule has 2 amide bonds. The number of hydrogen-bond donors (Lipinski definition) is 1. The number of nitrogens with zero attached hydrogens (tertiary/aromatic N) is 1. The van der Waals surface area contributed by atoms with E-state index >= 15 is 0 Å². The van der Waals surface area contributed by atoms with Crippen molar-refractivity contribution in [3.63, 3.8) is 0 Å². The van der Waals surface area contributed by atoms with Crippen molar-refractivity contribution in [3.05, 3.63) is 71.5 Å². The van der Waals surface area contributed by atoms with Crippen molar-refractivity contribution < 1.29 is 18.7 Å². The van der Waals surface area contributed by atoms with Crippen molar-refractivity contribution >= 4 is 12.0 Å². The van der Waals surface area contributed by atoms with Crippen LogP contribution in [0.15, 0.2) is 54.6 Å². The summed E-state index contributed by atoms with van der Waals surface area (Å²) in [6, 6.07) is 15.3. The van der Waals surface area contributed by atoms with Gasteiger partial charge in [-0.25, -0.2) is 9.18 Å².